The number of rotatable bonds is 2. The Morgan fingerprint density at radius 3 is 2.65 bits per heavy atom. The number of amides is 1. The van der Waals surface area contributed by atoms with Crippen LogP contribution >= 0.6 is 15.9 Å². The quantitative estimate of drug-likeness (QED) is 0.905. The van der Waals surface area contributed by atoms with Crippen molar-refractivity contribution in [1.29, 1.82) is 0 Å². The fourth-order valence-corrected chi connectivity index (χ4v) is 2.01. The van der Waals surface area contributed by atoms with Crippen molar-refractivity contribution in [3.05, 3.63) is 34.1 Å². The number of halogens is 2. The Labute approximate surface area is 105 Å². The van der Waals surface area contributed by atoms with Gasteiger partial charge in [0.15, 0.2) is 0 Å². The lowest BCUT2D eigenvalue weighted by Gasteiger charge is -2.36. The number of carboxylic acids is 1. The first-order valence-electron chi connectivity index (χ1n) is 4.97. The van der Waals surface area contributed by atoms with Gasteiger partial charge in [0.05, 0.1) is 16.0 Å². The van der Waals surface area contributed by atoms with Gasteiger partial charge in [-0.15, -0.1) is 0 Å². The van der Waals surface area contributed by atoms with Crippen molar-refractivity contribution < 1.29 is 19.1 Å². The summed E-state index contributed by atoms with van der Waals surface area (Å²) in [7, 11) is 0. The molecule has 0 bridgehead atoms. The van der Waals surface area contributed by atoms with E-state index >= 15 is 0 Å². The van der Waals surface area contributed by atoms with E-state index in [1.807, 2.05) is 0 Å². The molecule has 0 saturated carbocycles. The van der Waals surface area contributed by atoms with Gasteiger partial charge in [-0.1, -0.05) is 6.07 Å². The zero-order chi connectivity index (χ0) is 12.6. The van der Waals surface area contributed by atoms with Crippen LogP contribution in [0.4, 0.5) is 4.39 Å². The van der Waals surface area contributed by atoms with Crippen LogP contribution in [0.1, 0.15) is 10.4 Å². The molecule has 6 heteroatoms. The number of hydrogen-bond acceptors (Lipinski definition) is 2. The Kier molecular flexibility index (Phi) is 3.15. The van der Waals surface area contributed by atoms with Gasteiger partial charge < -0.3 is 10.0 Å². The van der Waals surface area contributed by atoms with Crippen LogP contribution in [0.5, 0.6) is 0 Å². The average molecular weight is 302 g/mol. The molecule has 0 atom stereocenters. The molecule has 0 spiro atoms. The standard InChI is InChI=1S/C11H9BrFNO3/c12-8-3-1-2-7(9(8)13)10(15)14-4-6(5-14)11(16)17/h1-3,6H,4-5H2,(H,16,17). The topological polar surface area (TPSA) is 57.6 Å². The molecule has 1 fully saturated rings. The van der Waals surface area contributed by atoms with Crippen LogP contribution < -0.4 is 0 Å². The summed E-state index contributed by atoms with van der Waals surface area (Å²) >= 11 is 3.00. The molecule has 1 aliphatic rings. The minimum atomic E-state index is -0.927. The maximum absolute atomic E-state index is 13.6. The molecule has 90 valence electrons. The molecule has 0 radical (unpaired) electrons. The predicted octanol–water partition coefficient (Wildman–Crippen LogP) is 1.74. The third-order valence-electron chi connectivity index (χ3n) is 2.70. The minimum Gasteiger partial charge on any atom is -0.481 e. The summed E-state index contributed by atoms with van der Waals surface area (Å²) < 4.78 is 13.8. The van der Waals surface area contributed by atoms with Crippen LogP contribution in [0.25, 0.3) is 0 Å². The zero-order valence-electron chi connectivity index (χ0n) is 8.69. The maximum atomic E-state index is 13.6. The van der Waals surface area contributed by atoms with Crippen molar-refractivity contribution in [3.8, 4) is 0 Å². The van der Waals surface area contributed by atoms with Crippen LogP contribution in [0.2, 0.25) is 0 Å². The van der Waals surface area contributed by atoms with E-state index in [2.05, 4.69) is 15.9 Å². The van der Waals surface area contributed by atoms with E-state index < -0.39 is 23.6 Å². The molecule has 17 heavy (non-hydrogen) atoms. The van der Waals surface area contributed by atoms with Crippen LogP contribution in [-0.2, 0) is 4.79 Å². The van der Waals surface area contributed by atoms with E-state index in [1.165, 1.54) is 17.0 Å². The summed E-state index contributed by atoms with van der Waals surface area (Å²) in [4.78, 5) is 23.8. The molecule has 1 aromatic rings. The van der Waals surface area contributed by atoms with E-state index in [-0.39, 0.29) is 23.1 Å². The summed E-state index contributed by atoms with van der Waals surface area (Å²) in [6.07, 6.45) is 0. The van der Waals surface area contributed by atoms with Crippen LogP contribution in [0, 0.1) is 11.7 Å². The molecule has 1 amide bonds. The number of carbonyl (C=O) groups excluding carboxylic acids is 1. The van der Waals surface area contributed by atoms with Crippen molar-refractivity contribution in [2.45, 2.75) is 0 Å². The normalized spacial score (nSPS) is 15.5. The third kappa shape index (κ3) is 2.17. The number of carbonyl (C=O) groups is 2. The van der Waals surface area contributed by atoms with Crippen molar-refractivity contribution in [2.24, 2.45) is 5.92 Å². The van der Waals surface area contributed by atoms with Gasteiger partial charge in [0, 0.05) is 13.1 Å². The van der Waals surface area contributed by atoms with Crippen molar-refractivity contribution in [1.82, 2.24) is 4.90 Å². The van der Waals surface area contributed by atoms with Crippen molar-refractivity contribution >= 4 is 27.8 Å². The Balaban J connectivity index is 2.12. The van der Waals surface area contributed by atoms with Crippen LogP contribution in [0.15, 0.2) is 22.7 Å². The highest BCUT2D eigenvalue weighted by atomic mass is 79.9. The van der Waals surface area contributed by atoms with Gasteiger partial charge >= 0.3 is 5.97 Å². The van der Waals surface area contributed by atoms with Crippen LogP contribution in [0.3, 0.4) is 0 Å². The van der Waals surface area contributed by atoms with Gasteiger partial charge in [0.1, 0.15) is 5.82 Å². The second kappa shape index (κ2) is 4.44. The number of aliphatic carboxylic acids is 1. The fourth-order valence-electron chi connectivity index (χ4n) is 1.64. The lowest BCUT2D eigenvalue weighted by molar-refractivity contribution is -0.146. The maximum Gasteiger partial charge on any atom is 0.310 e. The summed E-state index contributed by atoms with van der Waals surface area (Å²) in [6.45, 7) is 0.278. The van der Waals surface area contributed by atoms with E-state index in [4.69, 9.17) is 5.11 Å². The molecular formula is C11H9BrFNO3. The van der Waals surface area contributed by atoms with Gasteiger partial charge in [-0.25, -0.2) is 4.39 Å². The molecule has 1 aliphatic heterocycles. The fraction of sp³-hybridized carbons (Fsp3) is 0.273. The Hall–Kier alpha value is -1.43. The second-order valence-corrected chi connectivity index (χ2v) is 4.70. The molecule has 0 aromatic heterocycles. The highest BCUT2D eigenvalue weighted by Gasteiger charge is 2.36. The largest absolute Gasteiger partial charge is 0.481 e. The SMILES string of the molecule is O=C(O)C1CN(C(=O)c2cccc(Br)c2F)C1. The summed E-state index contributed by atoms with van der Waals surface area (Å²) in [5.41, 5.74) is -0.0387. The summed E-state index contributed by atoms with van der Waals surface area (Å²) in [6, 6.07) is 4.45. The Bertz CT molecular complexity index is 486. The van der Waals surface area contributed by atoms with Crippen LogP contribution in [-0.4, -0.2) is 35.0 Å². The lowest BCUT2D eigenvalue weighted by Crippen LogP contribution is -2.53. The van der Waals surface area contributed by atoms with Crippen molar-refractivity contribution in [2.75, 3.05) is 13.1 Å². The lowest BCUT2D eigenvalue weighted by atomic mass is 9.99. The van der Waals surface area contributed by atoms with Crippen molar-refractivity contribution in [3.63, 3.8) is 0 Å². The van der Waals surface area contributed by atoms with E-state index in [1.54, 1.807) is 6.07 Å². The number of benzene rings is 1. The summed E-state index contributed by atoms with van der Waals surface area (Å²) in [5, 5.41) is 8.68. The minimum absolute atomic E-state index is 0.0387. The molecule has 1 heterocycles. The number of carboxylic acid groups (broad SMARTS) is 1. The van der Waals surface area contributed by atoms with Gasteiger partial charge in [-0.2, -0.15) is 0 Å². The molecule has 2 rings (SSSR count). The molecular weight excluding hydrogens is 293 g/mol. The summed E-state index contributed by atoms with van der Waals surface area (Å²) in [5.74, 6) is -2.55. The first-order valence-corrected chi connectivity index (χ1v) is 5.76. The van der Waals surface area contributed by atoms with Gasteiger partial charge in [-0.3, -0.25) is 9.59 Å². The first-order chi connectivity index (χ1) is 8.00. The zero-order valence-corrected chi connectivity index (χ0v) is 10.3. The van der Waals surface area contributed by atoms with Gasteiger partial charge in [-0.05, 0) is 28.1 Å². The monoisotopic (exact) mass is 301 g/mol. The molecule has 1 N–H and O–H groups in total. The molecule has 0 unspecified atom stereocenters. The first kappa shape index (κ1) is 12.0. The van der Waals surface area contributed by atoms with E-state index in [0.29, 0.717) is 0 Å². The number of likely N-dealkylation sites (tertiary alicyclic amines) is 1. The number of nitrogens with zero attached hydrogens (tertiary/aromatic N) is 1. The molecule has 1 saturated heterocycles. The number of hydrogen-bond donors (Lipinski definition) is 1. The Morgan fingerprint density at radius 1 is 1.41 bits per heavy atom. The molecule has 1 aromatic carbocycles. The highest BCUT2D eigenvalue weighted by molar-refractivity contribution is 9.10. The van der Waals surface area contributed by atoms with Gasteiger partial charge in [0.25, 0.3) is 5.91 Å². The van der Waals surface area contributed by atoms with Gasteiger partial charge in [0.2, 0.25) is 0 Å². The predicted molar refractivity (Wildman–Crippen MR) is 61.1 cm³/mol. The third-order valence-corrected chi connectivity index (χ3v) is 3.31. The molecule has 0 aliphatic carbocycles. The van der Waals surface area contributed by atoms with E-state index in [0.717, 1.165) is 0 Å². The molecule has 4 nitrogen and oxygen atoms in total. The van der Waals surface area contributed by atoms with E-state index in [9.17, 15) is 14.0 Å². The highest BCUT2D eigenvalue weighted by Crippen LogP contribution is 2.23. The Morgan fingerprint density at radius 2 is 2.06 bits per heavy atom. The smallest absolute Gasteiger partial charge is 0.310 e. The second-order valence-electron chi connectivity index (χ2n) is 3.85. The average Bonchev–Trinajstić information content (AvgIpc) is 2.19.